The lowest BCUT2D eigenvalue weighted by molar-refractivity contribution is 0.0986. The van der Waals surface area contributed by atoms with Gasteiger partial charge < -0.3 is 9.64 Å². The number of benzene rings is 2. The molecule has 0 atom stereocenters. The minimum Gasteiger partial charge on any atom is -0.497 e. The summed E-state index contributed by atoms with van der Waals surface area (Å²) in [6.07, 6.45) is 2.71. The number of methoxy groups -OCH3 is 1. The number of nitrogens with zero attached hydrogens (tertiary/aromatic N) is 2. The van der Waals surface area contributed by atoms with Crippen LogP contribution < -0.4 is 9.64 Å². The highest BCUT2D eigenvalue weighted by atomic mass is 32.2. The highest BCUT2D eigenvalue weighted by Crippen LogP contribution is 2.32. The second-order valence-corrected chi connectivity index (χ2v) is 9.33. The summed E-state index contributed by atoms with van der Waals surface area (Å²) in [5.74, 6) is 0.538. The molecule has 0 unspecified atom stereocenters. The van der Waals surface area contributed by atoms with Gasteiger partial charge in [-0.3, -0.25) is 9.78 Å². The van der Waals surface area contributed by atoms with E-state index < -0.39 is 9.84 Å². The molecule has 1 amide bonds. The Labute approximate surface area is 170 Å². The van der Waals surface area contributed by atoms with Gasteiger partial charge in [-0.25, -0.2) is 8.42 Å². The van der Waals surface area contributed by atoms with Crippen LogP contribution in [0.15, 0.2) is 47.4 Å². The molecule has 0 spiro atoms. The summed E-state index contributed by atoms with van der Waals surface area (Å²) in [5, 5.41) is 0.736. The van der Waals surface area contributed by atoms with Gasteiger partial charge in [-0.1, -0.05) is 0 Å². The molecule has 29 heavy (non-hydrogen) atoms. The normalized spacial score (nSPS) is 14.0. The van der Waals surface area contributed by atoms with Gasteiger partial charge in [-0.05, 0) is 67.8 Å². The third-order valence-electron chi connectivity index (χ3n) is 5.22. The summed E-state index contributed by atoms with van der Waals surface area (Å²) in [4.78, 5) is 20.1. The fraction of sp³-hybridized carbons (Fsp3) is 0.273. The molecule has 1 aliphatic rings. The van der Waals surface area contributed by atoms with Crippen molar-refractivity contribution < 1.29 is 17.9 Å². The maximum Gasteiger partial charge on any atom is 0.259 e. The molecule has 1 aliphatic heterocycles. The van der Waals surface area contributed by atoms with E-state index in [0.717, 1.165) is 40.7 Å². The summed E-state index contributed by atoms with van der Waals surface area (Å²) in [6, 6.07) is 12.3. The van der Waals surface area contributed by atoms with Crippen LogP contribution in [0.1, 0.15) is 28.0 Å². The Morgan fingerprint density at radius 2 is 1.93 bits per heavy atom. The lowest BCUT2D eigenvalue weighted by atomic mass is 9.99. The van der Waals surface area contributed by atoms with Gasteiger partial charge >= 0.3 is 0 Å². The average molecular weight is 410 g/mol. The maximum atomic E-state index is 13.5. The molecule has 0 bridgehead atoms. The Morgan fingerprint density at radius 1 is 1.14 bits per heavy atom. The molecule has 0 radical (unpaired) electrons. The fourth-order valence-electron chi connectivity index (χ4n) is 3.80. The van der Waals surface area contributed by atoms with Crippen LogP contribution in [0, 0.1) is 6.92 Å². The van der Waals surface area contributed by atoms with Gasteiger partial charge in [0.1, 0.15) is 5.75 Å². The Morgan fingerprint density at radius 3 is 2.66 bits per heavy atom. The Bertz CT molecular complexity index is 1240. The summed E-state index contributed by atoms with van der Waals surface area (Å²) in [5.41, 5.74) is 3.69. The number of sulfone groups is 1. The molecule has 0 fully saturated rings. The zero-order valence-electron chi connectivity index (χ0n) is 16.6. The number of aromatic nitrogens is 1. The van der Waals surface area contributed by atoms with Crippen LogP contribution in [0.4, 0.5) is 5.69 Å². The summed E-state index contributed by atoms with van der Waals surface area (Å²) in [7, 11) is -1.71. The molecule has 6 nitrogen and oxygen atoms in total. The minimum absolute atomic E-state index is 0.123. The van der Waals surface area contributed by atoms with E-state index in [0.29, 0.717) is 17.9 Å². The molecule has 0 N–H and O–H groups in total. The first-order chi connectivity index (χ1) is 13.8. The minimum atomic E-state index is -3.29. The SMILES string of the molecule is COc1ccc2nc(C)cc(C(=O)N3CCCc4cc(S(C)(=O)=O)ccc43)c2c1. The fourth-order valence-corrected chi connectivity index (χ4v) is 4.47. The molecular weight excluding hydrogens is 388 g/mol. The first-order valence-corrected chi connectivity index (χ1v) is 11.3. The van der Waals surface area contributed by atoms with E-state index in [-0.39, 0.29) is 10.8 Å². The van der Waals surface area contributed by atoms with Crippen molar-refractivity contribution in [2.75, 3.05) is 24.8 Å². The first kappa shape index (κ1) is 19.4. The molecule has 0 saturated carbocycles. The van der Waals surface area contributed by atoms with Gasteiger partial charge in [0, 0.05) is 29.6 Å². The number of ether oxygens (including phenoxy) is 1. The number of hydrogen-bond acceptors (Lipinski definition) is 5. The molecule has 150 valence electrons. The van der Waals surface area contributed by atoms with Gasteiger partial charge in [0.2, 0.25) is 0 Å². The lowest BCUT2D eigenvalue weighted by Crippen LogP contribution is -2.35. The van der Waals surface area contributed by atoms with Gasteiger partial charge in [0.15, 0.2) is 9.84 Å². The van der Waals surface area contributed by atoms with Gasteiger partial charge in [0.25, 0.3) is 5.91 Å². The molecule has 0 saturated heterocycles. The predicted molar refractivity (Wildman–Crippen MR) is 113 cm³/mol. The summed E-state index contributed by atoms with van der Waals surface area (Å²) >= 11 is 0. The number of pyridine rings is 1. The second kappa shape index (κ2) is 7.15. The standard InChI is InChI=1S/C22H22N2O4S/c1-14-11-19(18-13-16(28-2)6-8-20(18)23-14)22(25)24-10-4-5-15-12-17(29(3,26)27)7-9-21(15)24/h6-9,11-13H,4-5,10H2,1-3H3. The zero-order valence-corrected chi connectivity index (χ0v) is 17.4. The number of fused-ring (bicyclic) bond motifs is 2. The second-order valence-electron chi connectivity index (χ2n) is 7.32. The van der Waals surface area contributed by atoms with Crippen molar-refractivity contribution in [1.29, 1.82) is 0 Å². The monoisotopic (exact) mass is 410 g/mol. The van der Waals surface area contributed by atoms with Crippen LogP contribution in [-0.2, 0) is 16.3 Å². The van der Waals surface area contributed by atoms with E-state index in [1.54, 1.807) is 36.3 Å². The number of carbonyl (C=O) groups is 1. The molecule has 4 rings (SSSR count). The van der Waals surface area contributed by atoms with Crippen molar-refractivity contribution in [1.82, 2.24) is 4.98 Å². The third-order valence-corrected chi connectivity index (χ3v) is 6.33. The molecule has 0 aliphatic carbocycles. The zero-order chi connectivity index (χ0) is 20.8. The van der Waals surface area contributed by atoms with Crippen LogP contribution in [0.2, 0.25) is 0 Å². The molecular formula is C22H22N2O4S. The quantitative estimate of drug-likeness (QED) is 0.660. The van der Waals surface area contributed by atoms with Gasteiger partial charge in [-0.15, -0.1) is 0 Å². The van der Waals surface area contributed by atoms with Crippen LogP contribution in [0.3, 0.4) is 0 Å². The molecule has 2 heterocycles. The van der Waals surface area contributed by atoms with E-state index in [1.165, 1.54) is 6.26 Å². The van der Waals surface area contributed by atoms with E-state index in [9.17, 15) is 13.2 Å². The van der Waals surface area contributed by atoms with Crippen LogP contribution >= 0.6 is 0 Å². The number of anilines is 1. The van der Waals surface area contributed by atoms with Crippen molar-refractivity contribution in [2.45, 2.75) is 24.7 Å². The topological polar surface area (TPSA) is 76.6 Å². The van der Waals surface area contributed by atoms with Crippen molar-refractivity contribution in [2.24, 2.45) is 0 Å². The lowest BCUT2D eigenvalue weighted by Gasteiger charge is -2.30. The van der Waals surface area contributed by atoms with Crippen molar-refractivity contribution >= 4 is 32.3 Å². The van der Waals surface area contributed by atoms with E-state index in [4.69, 9.17) is 4.74 Å². The van der Waals surface area contributed by atoms with Crippen LogP contribution in [0.5, 0.6) is 5.75 Å². The average Bonchev–Trinajstić information content (AvgIpc) is 2.70. The number of carbonyl (C=O) groups excluding carboxylic acids is 1. The Hall–Kier alpha value is -2.93. The highest BCUT2D eigenvalue weighted by molar-refractivity contribution is 7.90. The maximum absolute atomic E-state index is 13.5. The van der Waals surface area contributed by atoms with Crippen molar-refractivity contribution in [3.63, 3.8) is 0 Å². The van der Waals surface area contributed by atoms with Crippen molar-refractivity contribution in [3.8, 4) is 5.75 Å². The van der Waals surface area contributed by atoms with Crippen LogP contribution in [0.25, 0.3) is 10.9 Å². The van der Waals surface area contributed by atoms with E-state index in [2.05, 4.69) is 4.98 Å². The molecule has 3 aromatic rings. The summed E-state index contributed by atoms with van der Waals surface area (Å²) < 4.78 is 29.1. The third kappa shape index (κ3) is 3.58. The number of rotatable bonds is 3. The predicted octanol–water partition coefficient (Wildman–Crippen LogP) is 3.55. The van der Waals surface area contributed by atoms with Crippen molar-refractivity contribution in [3.05, 3.63) is 59.3 Å². The highest BCUT2D eigenvalue weighted by Gasteiger charge is 2.26. The largest absolute Gasteiger partial charge is 0.497 e. The Balaban J connectivity index is 1.83. The smallest absolute Gasteiger partial charge is 0.259 e. The number of amides is 1. The van der Waals surface area contributed by atoms with Gasteiger partial charge in [-0.2, -0.15) is 0 Å². The Kier molecular flexibility index (Phi) is 4.78. The first-order valence-electron chi connectivity index (χ1n) is 9.38. The molecule has 1 aromatic heterocycles. The van der Waals surface area contributed by atoms with Gasteiger partial charge in [0.05, 0.1) is 23.1 Å². The van der Waals surface area contributed by atoms with E-state index >= 15 is 0 Å². The van der Waals surface area contributed by atoms with Crippen LogP contribution in [-0.4, -0.2) is 39.2 Å². The summed E-state index contributed by atoms with van der Waals surface area (Å²) in [6.45, 7) is 2.44. The molecule has 2 aromatic carbocycles. The number of hydrogen-bond donors (Lipinski definition) is 0. The van der Waals surface area contributed by atoms with E-state index in [1.807, 2.05) is 25.1 Å². The molecule has 7 heteroatoms. The number of aryl methyl sites for hydroxylation is 2.